The number of hydrogen-bond donors (Lipinski definition) is 1. The maximum absolute atomic E-state index is 12.9. The predicted octanol–water partition coefficient (Wildman–Crippen LogP) is 4.68. The number of benzene rings is 2. The Morgan fingerprint density at radius 1 is 1.00 bits per heavy atom. The van der Waals surface area contributed by atoms with Crippen LogP contribution in [0.2, 0.25) is 0 Å². The largest absolute Gasteiger partial charge is 0.460 e. The Morgan fingerprint density at radius 3 is 2.42 bits per heavy atom. The molecule has 6 heteroatoms. The number of carbonyl (C=O) groups excluding carboxylic acids is 2. The van der Waals surface area contributed by atoms with Gasteiger partial charge in [0.25, 0.3) is 0 Å². The van der Waals surface area contributed by atoms with Crippen LogP contribution >= 0.6 is 0 Å². The molecule has 6 nitrogen and oxygen atoms in total. The van der Waals surface area contributed by atoms with Gasteiger partial charge in [0, 0.05) is 25.9 Å². The summed E-state index contributed by atoms with van der Waals surface area (Å²) in [6.07, 6.45) is 5.87. The first kappa shape index (κ1) is 24.8. The summed E-state index contributed by atoms with van der Waals surface area (Å²) in [7, 11) is 1.56. The summed E-state index contributed by atoms with van der Waals surface area (Å²) in [6.45, 7) is 4.88. The summed E-state index contributed by atoms with van der Waals surface area (Å²) in [5.41, 5.74) is 3.77. The van der Waals surface area contributed by atoms with Gasteiger partial charge in [0.2, 0.25) is 5.91 Å². The van der Waals surface area contributed by atoms with Crippen LogP contribution in [0.25, 0.3) is 0 Å². The molecule has 0 spiro atoms. The van der Waals surface area contributed by atoms with Gasteiger partial charge in [-0.3, -0.25) is 4.79 Å². The van der Waals surface area contributed by atoms with E-state index in [-0.39, 0.29) is 30.9 Å². The Morgan fingerprint density at radius 2 is 1.73 bits per heavy atom. The van der Waals surface area contributed by atoms with Gasteiger partial charge in [-0.1, -0.05) is 43.7 Å². The van der Waals surface area contributed by atoms with E-state index >= 15 is 0 Å². The second-order valence-corrected chi connectivity index (χ2v) is 8.52. The molecule has 0 saturated carbocycles. The van der Waals surface area contributed by atoms with E-state index in [0.29, 0.717) is 12.2 Å². The van der Waals surface area contributed by atoms with E-state index in [1.54, 1.807) is 19.2 Å². The van der Waals surface area contributed by atoms with Gasteiger partial charge >= 0.3 is 5.97 Å². The molecular formula is C27H36N2O4. The number of amides is 1. The van der Waals surface area contributed by atoms with Crippen LogP contribution in [0.15, 0.2) is 48.5 Å². The van der Waals surface area contributed by atoms with Crippen molar-refractivity contribution in [2.24, 2.45) is 0 Å². The third kappa shape index (κ3) is 7.32. The third-order valence-electron chi connectivity index (χ3n) is 6.00. The first-order valence-electron chi connectivity index (χ1n) is 12.0. The number of methoxy groups -OCH3 is 1. The number of esters is 1. The standard InChI is InChI=1S/C27H36N2O4/c1-3-9-24(23-10-5-6-11-25(23)29-16-7-4-8-17-29)28-26(30)20-21-12-14-22(15-13-21)27(31)33-19-18-32-2/h5-6,10-15,24H,3-4,7-9,16-20H2,1-2H3,(H,28,30). The monoisotopic (exact) mass is 452 g/mol. The number of rotatable bonds is 11. The predicted molar refractivity (Wildman–Crippen MR) is 131 cm³/mol. The SMILES string of the molecule is CCCC(NC(=O)Cc1ccc(C(=O)OCCOC)cc1)c1ccccc1N1CCCCC1. The lowest BCUT2D eigenvalue weighted by Crippen LogP contribution is -2.34. The zero-order chi connectivity index (χ0) is 23.5. The second-order valence-electron chi connectivity index (χ2n) is 8.52. The normalized spacial score (nSPS) is 14.5. The van der Waals surface area contributed by atoms with E-state index in [9.17, 15) is 9.59 Å². The number of anilines is 1. The molecule has 1 aliphatic heterocycles. The van der Waals surface area contributed by atoms with E-state index in [1.165, 1.54) is 30.5 Å². The van der Waals surface area contributed by atoms with Crippen LogP contribution in [0, 0.1) is 0 Å². The van der Waals surface area contributed by atoms with Crippen LogP contribution in [-0.2, 0) is 20.7 Å². The van der Waals surface area contributed by atoms with Crippen molar-refractivity contribution >= 4 is 17.6 Å². The highest BCUT2D eigenvalue weighted by Gasteiger charge is 2.21. The molecule has 3 rings (SSSR count). The Bertz CT molecular complexity index is 891. The van der Waals surface area contributed by atoms with Gasteiger partial charge in [-0.2, -0.15) is 0 Å². The molecule has 1 heterocycles. The van der Waals surface area contributed by atoms with E-state index in [1.807, 2.05) is 12.1 Å². The first-order valence-corrected chi connectivity index (χ1v) is 12.0. The number of para-hydroxylation sites is 1. The lowest BCUT2D eigenvalue weighted by molar-refractivity contribution is -0.121. The summed E-state index contributed by atoms with van der Waals surface area (Å²) in [4.78, 5) is 27.4. The first-order chi connectivity index (χ1) is 16.1. The fourth-order valence-electron chi connectivity index (χ4n) is 4.29. The summed E-state index contributed by atoms with van der Waals surface area (Å²) >= 11 is 0. The smallest absolute Gasteiger partial charge is 0.338 e. The van der Waals surface area contributed by atoms with Crippen LogP contribution in [0.4, 0.5) is 5.69 Å². The fraction of sp³-hybridized carbons (Fsp3) is 0.481. The van der Waals surface area contributed by atoms with Gasteiger partial charge in [-0.15, -0.1) is 0 Å². The van der Waals surface area contributed by atoms with E-state index in [4.69, 9.17) is 9.47 Å². The van der Waals surface area contributed by atoms with Crippen molar-refractivity contribution < 1.29 is 19.1 Å². The number of hydrogen-bond acceptors (Lipinski definition) is 5. The quantitative estimate of drug-likeness (QED) is 0.396. The second kappa shape index (κ2) is 13.0. The van der Waals surface area contributed by atoms with Crippen molar-refractivity contribution in [3.8, 4) is 0 Å². The number of piperidine rings is 1. The summed E-state index contributed by atoms with van der Waals surface area (Å²) in [5, 5.41) is 3.26. The average Bonchev–Trinajstić information content (AvgIpc) is 2.85. The van der Waals surface area contributed by atoms with Gasteiger partial charge in [0.15, 0.2) is 0 Å². The minimum absolute atomic E-state index is 0.0164. The average molecular weight is 453 g/mol. The Balaban J connectivity index is 1.64. The highest BCUT2D eigenvalue weighted by Crippen LogP contribution is 2.31. The highest BCUT2D eigenvalue weighted by molar-refractivity contribution is 5.89. The number of nitrogens with one attached hydrogen (secondary N) is 1. The van der Waals surface area contributed by atoms with Gasteiger partial charge in [0.05, 0.1) is 24.6 Å². The number of ether oxygens (including phenoxy) is 2. The molecule has 1 amide bonds. The van der Waals surface area contributed by atoms with Crippen LogP contribution in [0.3, 0.4) is 0 Å². The molecule has 1 fully saturated rings. The summed E-state index contributed by atoms with van der Waals surface area (Å²) in [5.74, 6) is -0.405. The van der Waals surface area contributed by atoms with Crippen molar-refractivity contribution in [2.45, 2.75) is 51.5 Å². The molecule has 0 aromatic heterocycles. The summed E-state index contributed by atoms with van der Waals surface area (Å²) in [6, 6.07) is 15.5. The van der Waals surface area contributed by atoms with Gasteiger partial charge in [-0.25, -0.2) is 4.79 Å². The molecule has 1 unspecified atom stereocenters. The molecule has 1 aliphatic rings. The van der Waals surface area contributed by atoms with Crippen LogP contribution < -0.4 is 10.2 Å². The Labute approximate surface area is 197 Å². The fourth-order valence-corrected chi connectivity index (χ4v) is 4.29. The molecular weight excluding hydrogens is 416 g/mol. The lowest BCUT2D eigenvalue weighted by atomic mass is 9.98. The van der Waals surface area contributed by atoms with Crippen LogP contribution in [0.1, 0.15) is 66.6 Å². The Hall–Kier alpha value is -2.86. The molecule has 2 aromatic rings. The third-order valence-corrected chi connectivity index (χ3v) is 6.00. The molecule has 0 aliphatic carbocycles. The van der Waals surface area contributed by atoms with Gasteiger partial charge < -0.3 is 19.7 Å². The van der Waals surface area contributed by atoms with Gasteiger partial charge in [0.1, 0.15) is 6.61 Å². The van der Waals surface area contributed by atoms with Crippen molar-refractivity contribution in [1.29, 1.82) is 0 Å². The molecule has 1 N–H and O–H groups in total. The van der Waals surface area contributed by atoms with E-state index < -0.39 is 0 Å². The maximum atomic E-state index is 12.9. The minimum Gasteiger partial charge on any atom is -0.460 e. The molecule has 1 atom stereocenters. The maximum Gasteiger partial charge on any atom is 0.338 e. The summed E-state index contributed by atoms with van der Waals surface area (Å²) < 4.78 is 10.0. The molecule has 1 saturated heterocycles. The highest BCUT2D eigenvalue weighted by atomic mass is 16.6. The topological polar surface area (TPSA) is 67.9 Å². The molecule has 0 radical (unpaired) electrons. The zero-order valence-electron chi connectivity index (χ0n) is 19.8. The van der Waals surface area contributed by atoms with E-state index in [0.717, 1.165) is 31.5 Å². The van der Waals surface area contributed by atoms with Crippen molar-refractivity contribution in [2.75, 3.05) is 38.3 Å². The van der Waals surface area contributed by atoms with E-state index in [2.05, 4.69) is 41.4 Å². The van der Waals surface area contributed by atoms with Crippen LogP contribution in [-0.4, -0.2) is 45.3 Å². The van der Waals surface area contributed by atoms with Crippen LogP contribution in [0.5, 0.6) is 0 Å². The zero-order valence-corrected chi connectivity index (χ0v) is 19.8. The molecule has 33 heavy (non-hydrogen) atoms. The number of nitrogens with zero attached hydrogens (tertiary/aromatic N) is 1. The van der Waals surface area contributed by atoms with Gasteiger partial charge in [-0.05, 0) is 55.0 Å². The number of carbonyl (C=O) groups is 2. The molecule has 178 valence electrons. The lowest BCUT2D eigenvalue weighted by Gasteiger charge is -2.32. The van der Waals surface area contributed by atoms with Crippen molar-refractivity contribution in [3.05, 3.63) is 65.2 Å². The van der Waals surface area contributed by atoms with Crippen molar-refractivity contribution in [3.63, 3.8) is 0 Å². The minimum atomic E-state index is -0.389. The Kier molecular flexibility index (Phi) is 9.76. The molecule has 2 aromatic carbocycles. The van der Waals surface area contributed by atoms with Crippen molar-refractivity contribution in [1.82, 2.24) is 5.32 Å². The molecule has 0 bridgehead atoms.